The maximum atomic E-state index is 11.3. The fourth-order valence-corrected chi connectivity index (χ4v) is 1.78. The Morgan fingerprint density at radius 1 is 0.679 bits per heavy atom. The van der Waals surface area contributed by atoms with Gasteiger partial charge in [-0.15, -0.1) is 0 Å². The minimum Gasteiger partial charge on any atom is -0.377 e. The van der Waals surface area contributed by atoms with Gasteiger partial charge >= 0.3 is 0 Å². The monoisotopic (exact) mass is 425 g/mol. The van der Waals surface area contributed by atoms with Crippen LogP contribution in [0, 0.1) is 5.92 Å². The van der Waals surface area contributed by atoms with Crippen LogP contribution in [0.25, 0.3) is 0 Å². The highest BCUT2D eigenvalue weighted by molar-refractivity contribution is 7.96. The smallest absolute Gasteiger partial charge is 0.276 e. The first-order valence-corrected chi connectivity index (χ1v) is 9.94. The van der Waals surface area contributed by atoms with E-state index in [1.807, 2.05) is 13.8 Å². The van der Waals surface area contributed by atoms with Crippen LogP contribution >= 0.6 is 12.6 Å². The zero-order valence-corrected chi connectivity index (χ0v) is 17.9. The Balaban J connectivity index is 3.07. The second-order valence-corrected chi connectivity index (χ2v) is 6.37. The van der Waals surface area contributed by atoms with Crippen LogP contribution in [-0.2, 0) is 33.2 Å². The van der Waals surface area contributed by atoms with Crippen molar-refractivity contribution in [2.24, 2.45) is 5.92 Å². The van der Waals surface area contributed by atoms with Crippen LogP contribution in [0.4, 0.5) is 4.79 Å². The van der Waals surface area contributed by atoms with E-state index in [9.17, 15) is 9.59 Å². The molecule has 0 aromatic carbocycles. The summed E-state index contributed by atoms with van der Waals surface area (Å²) >= 11 is 3.57. The van der Waals surface area contributed by atoms with Gasteiger partial charge in [-0.25, -0.2) is 0 Å². The Bertz CT molecular complexity index is 385. The topological polar surface area (TPSA) is 102 Å². The lowest BCUT2D eigenvalue weighted by Gasteiger charge is -2.08. The molecule has 0 unspecified atom stereocenters. The number of nitrogens with one attached hydrogen (secondary N) is 1. The molecule has 10 heteroatoms. The second-order valence-electron chi connectivity index (χ2n) is 5.97. The average molecular weight is 426 g/mol. The molecule has 0 aliphatic rings. The van der Waals surface area contributed by atoms with E-state index in [-0.39, 0.29) is 23.5 Å². The first kappa shape index (κ1) is 27.2. The third-order valence-corrected chi connectivity index (χ3v) is 3.43. The molecule has 0 saturated heterocycles. The maximum Gasteiger partial charge on any atom is 0.276 e. The van der Waals surface area contributed by atoms with Gasteiger partial charge in [0.2, 0.25) is 0 Å². The number of amides is 1. The van der Waals surface area contributed by atoms with Gasteiger partial charge in [0.15, 0.2) is 5.78 Å². The van der Waals surface area contributed by atoms with E-state index in [4.69, 9.17) is 28.4 Å². The summed E-state index contributed by atoms with van der Waals surface area (Å²) in [5, 5.41) is 2.14. The van der Waals surface area contributed by atoms with E-state index in [1.54, 1.807) is 0 Å². The zero-order valence-electron chi connectivity index (χ0n) is 17.0. The highest BCUT2D eigenvalue weighted by Gasteiger charge is 2.06. The molecule has 0 fully saturated rings. The van der Waals surface area contributed by atoms with Crippen molar-refractivity contribution < 1.29 is 38.0 Å². The lowest BCUT2D eigenvalue weighted by molar-refractivity contribution is -0.127. The SMILES string of the molecule is CC(C)C(=O)COCCOCCOCCOCCOCCOCCNC(=O)S. The predicted molar refractivity (Wildman–Crippen MR) is 107 cm³/mol. The molecule has 0 radical (unpaired) electrons. The normalized spacial score (nSPS) is 11.1. The van der Waals surface area contributed by atoms with Crippen molar-refractivity contribution in [2.75, 3.05) is 85.8 Å². The van der Waals surface area contributed by atoms with Gasteiger partial charge in [0, 0.05) is 12.5 Å². The summed E-state index contributed by atoms with van der Waals surface area (Å²) in [6, 6.07) is 0. The molecule has 0 aromatic heterocycles. The molecular weight excluding hydrogens is 390 g/mol. The van der Waals surface area contributed by atoms with Crippen LogP contribution in [-0.4, -0.2) is 96.8 Å². The zero-order chi connectivity index (χ0) is 20.9. The summed E-state index contributed by atoms with van der Waals surface area (Å²) in [5.41, 5.74) is 0. The second kappa shape index (κ2) is 21.0. The van der Waals surface area contributed by atoms with E-state index in [2.05, 4.69) is 17.9 Å². The summed E-state index contributed by atoms with van der Waals surface area (Å²) in [7, 11) is 0. The Hall–Kier alpha value is -0.750. The van der Waals surface area contributed by atoms with Crippen molar-refractivity contribution in [3.63, 3.8) is 0 Å². The molecule has 9 nitrogen and oxygen atoms in total. The fraction of sp³-hybridized carbons (Fsp3) is 0.889. The first-order chi connectivity index (χ1) is 13.5. The van der Waals surface area contributed by atoms with Crippen LogP contribution in [0.2, 0.25) is 0 Å². The summed E-state index contributed by atoms with van der Waals surface area (Å²) < 4.78 is 31.9. The minimum atomic E-state index is -0.366. The van der Waals surface area contributed by atoms with Gasteiger partial charge in [-0.2, -0.15) is 0 Å². The van der Waals surface area contributed by atoms with Gasteiger partial charge in [0.05, 0.1) is 72.7 Å². The molecule has 0 atom stereocenters. The van der Waals surface area contributed by atoms with Crippen molar-refractivity contribution in [2.45, 2.75) is 13.8 Å². The molecule has 1 amide bonds. The molecule has 0 rings (SSSR count). The van der Waals surface area contributed by atoms with Crippen molar-refractivity contribution in [1.82, 2.24) is 5.32 Å². The minimum absolute atomic E-state index is 0.00180. The first-order valence-electron chi connectivity index (χ1n) is 9.50. The van der Waals surface area contributed by atoms with Crippen LogP contribution in [0.15, 0.2) is 0 Å². The third kappa shape index (κ3) is 21.5. The average Bonchev–Trinajstić information content (AvgIpc) is 2.65. The summed E-state index contributed by atoms with van der Waals surface area (Å²) in [4.78, 5) is 21.8. The summed E-state index contributed by atoms with van der Waals surface area (Å²) in [5.74, 6) is 0.0974. The lowest BCUT2D eigenvalue weighted by Crippen LogP contribution is -2.22. The van der Waals surface area contributed by atoms with Gasteiger partial charge in [0.25, 0.3) is 5.24 Å². The molecule has 0 heterocycles. The molecule has 0 aliphatic carbocycles. The number of rotatable bonds is 21. The quantitative estimate of drug-likeness (QED) is 0.207. The molecule has 0 spiro atoms. The van der Waals surface area contributed by atoms with Gasteiger partial charge in [-0.3, -0.25) is 9.59 Å². The van der Waals surface area contributed by atoms with Gasteiger partial charge in [-0.05, 0) is 0 Å². The number of carbonyl (C=O) groups is 2. The number of carbonyl (C=O) groups excluding carboxylic acids is 2. The number of hydrogen-bond donors (Lipinski definition) is 2. The van der Waals surface area contributed by atoms with Crippen LogP contribution in [0.3, 0.4) is 0 Å². The van der Waals surface area contributed by atoms with E-state index < -0.39 is 0 Å². The molecule has 166 valence electrons. The van der Waals surface area contributed by atoms with Crippen molar-refractivity contribution in [1.29, 1.82) is 0 Å². The highest BCUT2D eigenvalue weighted by atomic mass is 32.1. The van der Waals surface area contributed by atoms with E-state index in [1.165, 1.54) is 0 Å². The molecule has 1 N–H and O–H groups in total. The maximum absolute atomic E-state index is 11.3. The number of ether oxygens (including phenoxy) is 6. The highest BCUT2D eigenvalue weighted by Crippen LogP contribution is 1.94. The molecule has 0 saturated carbocycles. The van der Waals surface area contributed by atoms with Crippen molar-refractivity contribution in [3.8, 4) is 0 Å². The van der Waals surface area contributed by atoms with Crippen LogP contribution in [0.5, 0.6) is 0 Å². The summed E-state index contributed by atoms with van der Waals surface area (Å²) in [6.07, 6.45) is 0. The van der Waals surface area contributed by atoms with Crippen LogP contribution < -0.4 is 5.32 Å². The standard InChI is InChI=1S/C18H35NO8S/c1-16(2)17(20)15-27-14-13-26-12-11-25-10-9-24-8-7-23-6-5-22-4-3-19-18(21)28/h16H,3-15H2,1-2H3,(H2,19,21,28). The fourth-order valence-electron chi connectivity index (χ4n) is 1.67. The van der Waals surface area contributed by atoms with Gasteiger partial charge in [0.1, 0.15) is 6.61 Å². The van der Waals surface area contributed by atoms with Crippen LogP contribution in [0.1, 0.15) is 13.8 Å². The molecule has 0 aromatic rings. The number of thiol groups is 1. The molecule has 28 heavy (non-hydrogen) atoms. The van der Waals surface area contributed by atoms with E-state index in [0.717, 1.165) is 0 Å². The Morgan fingerprint density at radius 3 is 1.39 bits per heavy atom. The van der Waals surface area contributed by atoms with Gasteiger partial charge in [-0.1, -0.05) is 26.5 Å². The molecule has 0 bridgehead atoms. The van der Waals surface area contributed by atoms with Gasteiger partial charge < -0.3 is 33.7 Å². The Kier molecular flexibility index (Phi) is 20.4. The van der Waals surface area contributed by atoms with Crippen molar-refractivity contribution >= 4 is 23.7 Å². The number of ketones is 1. The predicted octanol–water partition coefficient (Wildman–Crippen LogP) is 0.951. The number of hydrogen-bond acceptors (Lipinski definition) is 8. The van der Waals surface area contributed by atoms with E-state index in [0.29, 0.717) is 79.2 Å². The Labute approximate surface area is 173 Å². The number of Topliss-reactive ketones (excluding diaryl/α,β-unsaturated/α-hetero) is 1. The molecular formula is C18H35NO8S. The van der Waals surface area contributed by atoms with Crippen molar-refractivity contribution in [3.05, 3.63) is 0 Å². The summed E-state index contributed by atoms with van der Waals surface area (Å²) in [6.45, 7) is 9.39. The molecule has 0 aliphatic heterocycles. The van der Waals surface area contributed by atoms with E-state index >= 15 is 0 Å². The Morgan fingerprint density at radius 2 is 1.04 bits per heavy atom. The largest absolute Gasteiger partial charge is 0.377 e. The third-order valence-electron chi connectivity index (χ3n) is 3.27. The lowest BCUT2D eigenvalue weighted by atomic mass is 10.1.